The van der Waals surface area contributed by atoms with E-state index in [9.17, 15) is 0 Å². The highest BCUT2D eigenvalue weighted by Gasteiger charge is 2.23. The molecule has 15 heavy (non-hydrogen) atoms. The average molecular weight is 225 g/mol. The highest BCUT2D eigenvalue weighted by molar-refractivity contribution is 6.21. The molecule has 0 aliphatic carbocycles. The van der Waals surface area contributed by atoms with Crippen LogP contribution in [0.25, 0.3) is 0 Å². The van der Waals surface area contributed by atoms with E-state index in [0.717, 1.165) is 32.3 Å². The number of aryl methyl sites for hydroxylation is 1. The van der Waals surface area contributed by atoms with Gasteiger partial charge in [0.25, 0.3) is 0 Å². The van der Waals surface area contributed by atoms with E-state index in [1.54, 1.807) is 0 Å². The van der Waals surface area contributed by atoms with E-state index in [4.69, 9.17) is 16.3 Å². The highest BCUT2D eigenvalue weighted by atomic mass is 35.5. The third kappa shape index (κ3) is 3.22. The number of alkyl halides is 1. The van der Waals surface area contributed by atoms with E-state index in [1.165, 1.54) is 5.56 Å². The first kappa shape index (κ1) is 11.0. The van der Waals surface area contributed by atoms with Crippen LogP contribution in [-0.2, 0) is 11.2 Å². The van der Waals surface area contributed by atoms with Crippen molar-refractivity contribution in [2.75, 3.05) is 6.61 Å². The van der Waals surface area contributed by atoms with E-state index in [-0.39, 0.29) is 11.5 Å². The molecular formula is C13H17ClO. The summed E-state index contributed by atoms with van der Waals surface area (Å²) in [5, 5.41) is 0.211. The first-order valence-electron chi connectivity index (χ1n) is 5.66. The zero-order chi connectivity index (χ0) is 10.5. The maximum absolute atomic E-state index is 6.22. The predicted octanol–water partition coefficient (Wildman–Crippen LogP) is 3.41. The SMILES string of the molecule is Cl[C@H]1CCCO[C@H]1CCc1ccccc1. The standard InChI is InChI=1S/C13H17ClO/c14-12-7-4-10-15-13(12)9-8-11-5-2-1-3-6-11/h1-3,5-6,12-13H,4,7-10H2/t12-,13-/m0/s1. The minimum Gasteiger partial charge on any atom is -0.377 e. The van der Waals surface area contributed by atoms with Crippen LogP contribution < -0.4 is 0 Å². The van der Waals surface area contributed by atoms with Gasteiger partial charge >= 0.3 is 0 Å². The first-order chi connectivity index (χ1) is 7.36. The summed E-state index contributed by atoms with van der Waals surface area (Å²) >= 11 is 6.22. The second-order valence-corrected chi connectivity index (χ2v) is 4.65. The summed E-state index contributed by atoms with van der Waals surface area (Å²) in [4.78, 5) is 0. The van der Waals surface area contributed by atoms with Crippen LogP contribution in [0.4, 0.5) is 0 Å². The van der Waals surface area contributed by atoms with Crippen molar-refractivity contribution in [3.63, 3.8) is 0 Å². The molecule has 1 nitrogen and oxygen atoms in total. The Morgan fingerprint density at radius 2 is 2.07 bits per heavy atom. The lowest BCUT2D eigenvalue weighted by atomic mass is 10.0. The smallest absolute Gasteiger partial charge is 0.0741 e. The van der Waals surface area contributed by atoms with Crippen molar-refractivity contribution >= 4 is 11.6 Å². The van der Waals surface area contributed by atoms with Gasteiger partial charge in [0.05, 0.1) is 11.5 Å². The Hall–Kier alpha value is -0.530. The van der Waals surface area contributed by atoms with Gasteiger partial charge < -0.3 is 4.74 Å². The topological polar surface area (TPSA) is 9.23 Å². The summed E-state index contributed by atoms with van der Waals surface area (Å²) in [5.41, 5.74) is 1.37. The number of halogens is 1. The zero-order valence-corrected chi connectivity index (χ0v) is 9.62. The molecule has 0 spiro atoms. The molecule has 0 saturated carbocycles. The average Bonchev–Trinajstić information content (AvgIpc) is 2.29. The molecule has 82 valence electrons. The lowest BCUT2D eigenvalue weighted by Crippen LogP contribution is -2.30. The van der Waals surface area contributed by atoms with Gasteiger partial charge in [-0.2, -0.15) is 0 Å². The van der Waals surface area contributed by atoms with Gasteiger partial charge in [-0.3, -0.25) is 0 Å². The quantitative estimate of drug-likeness (QED) is 0.715. The van der Waals surface area contributed by atoms with Crippen molar-refractivity contribution < 1.29 is 4.74 Å². The van der Waals surface area contributed by atoms with Crippen molar-refractivity contribution in [3.05, 3.63) is 35.9 Å². The van der Waals surface area contributed by atoms with E-state index in [2.05, 4.69) is 24.3 Å². The summed E-state index contributed by atoms with van der Waals surface area (Å²) in [7, 11) is 0. The molecule has 1 fully saturated rings. The molecule has 2 atom stereocenters. The van der Waals surface area contributed by atoms with Crippen LogP contribution in [0.5, 0.6) is 0 Å². The van der Waals surface area contributed by atoms with Crippen molar-refractivity contribution in [1.82, 2.24) is 0 Å². The summed E-state index contributed by atoms with van der Waals surface area (Å²) in [6.07, 6.45) is 4.56. The fraction of sp³-hybridized carbons (Fsp3) is 0.538. The summed E-state index contributed by atoms with van der Waals surface area (Å²) < 4.78 is 5.68. The molecule has 1 heterocycles. The molecule has 2 heteroatoms. The Kier molecular flexibility index (Phi) is 4.04. The fourth-order valence-corrected chi connectivity index (χ4v) is 2.37. The molecule has 0 aromatic heterocycles. The molecular weight excluding hydrogens is 208 g/mol. The third-order valence-corrected chi connectivity index (χ3v) is 3.42. The van der Waals surface area contributed by atoms with Gasteiger partial charge in [-0.15, -0.1) is 11.6 Å². The van der Waals surface area contributed by atoms with Crippen molar-refractivity contribution in [2.45, 2.75) is 37.2 Å². The van der Waals surface area contributed by atoms with E-state index in [0.29, 0.717) is 0 Å². The molecule has 0 N–H and O–H groups in total. The van der Waals surface area contributed by atoms with Crippen molar-refractivity contribution in [3.8, 4) is 0 Å². The van der Waals surface area contributed by atoms with Crippen LogP contribution in [-0.4, -0.2) is 18.1 Å². The Labute approximate surface area is 96.4 Å². The Morgan fingerprint density at radius 1 is 1.27 bits per heavy atom. The number of hydrogen-bond donors (Lipinski definition) is 0. The summed E-state index contributed by atoms with van der Waals surface area (Å²) in [6.45, 7) is 0.878. The number of ether oxygens (including phenoxy) is 1. The van der Waals surface area contributed by atoms with E-state index < -0.39 is 0 Å². The van der Waals surface area contributed by atoms with E-state index in [1.807, 2.05) is 6.07 Å². The summed E-state index contributed by atoms with van der Waals surface area (Å²) in [5.74, 6) is 0. The van der Waals surface area contributed by atoms with Gasteiger partial charge in [-0.1, -0.05) is 30.3 Å². The molecule has 1 aliphatic rings. The lowest BCUT2D eigenvalue weighted by Gasteiger charge is -2.27. The Bertz CT molecular complexity index is 286. The number of hydrogen-bond acceptors (Lipinski definition) is 1. The Morgan fingerprint density at radius 3 is 2.80 bits per heavy atom. The second-order valence-electron chi connectivity index (χ2n) is 4.09. The van der Waals surface area contributed by atoms with Gasteiger partial charge in [-0.25, -0.2) is 0 Å². The molecule has 0 bridgehead atoms. The molecule has 1 aromatic carbocycles. The van der Waals surface area contributed by atoms with Gasteiger partial charge in [0, 0.05) is 6.61 Å². The zero-order valence-electron chi connectivity index (χ0n) is 8.86. The van der Waals surface area contributed by atoms with Gasteiger partial charge in [0.15, 0.2) is 0 Å². The number of benzene rings is 1. The molecule has 1 saturated heterocycles. The molecule has 0 unspecified atom stereocenters. The van der Waals surface area contributed by atoms with Crippen LogP contribution in [0, 0.1) is 0 Å². The number of rotatable bonds is 3. The fourth-order valence-electron chi connectivity index (χ4n) is 2.02. The van der Waals surface area contributed by atoms with Crippen LogP contribution in [0.3, 0.4) is 0 Å². The van der Waals surface area contributed by atoms with Crippen LogP contribution >= 0.6 is 11.6 Å². The minimum absolute atomic E-state index is 0.211. The monoisotopic (exact) mass is 224 g/mol. The van der Waals surface area contributed by atoms with Gasteiger partial charge in [0.2, 0.25) is 0 Å². The van der Waals surface area contributed by atoms with Gasteiger partial charge in [0.1, 0.15) is 0 Å². The van der Waals surface area contributed by atoms with Gasteiger partial charge in [-0.05, 0) is 31.2 Å². The minimum atomic E-state index is 0.211. The van der Waals surface area contributed by atoms with E-state index >= 15 is 0 Å². The molecule has 0 amide bonds. The highest BCUT2D eigenvalue weighted by Crippen LogP contribution is 2.23. The predicted molar refractivity (Wildman–Crippen MR) is 63.4 cm³/mol. The van der Waals surface area contributed by atoms with Crippen LogP contribution in [0.15, 0.2) is 30.3 Å². The van der Waals surface area contributed by atoms with Crippen LogP contribution in [0.1, 0.15) is 24.8 Å². The normalized spacial score (nSPS) is 26.5. The lowest BCUT2D eigenvalue weighted by molar-refractivity contribution is 0.0148. The molecule has 2 rings (SSSR count). The molecule has 1 aromatic rings. The first-order valence-corrected chi connectivity index (χ1v) is 6.09. The Balaban J connectivity index is 1.82. The second kappa shape index (κ2) is 5.53. The molecule has 0 radical (unpaired) electrons. The largest absolute Gasteiger partial charge is 0.377 e. The third-order valence-electron chi connectivity index (χ3n) is 2.92. The molecule has 1 aliphatic heterocycles. The summed E-state index contributed by atoms with van der Waals surface area (Å²) in [6, 6.07) is 10.5. The van der Waals surface area contributed by atoms with Crippen molar-refractivity contribution in [2.24, 2.45) is 0 Å². The maximum atomic E-state index is 6.22. The van der Waals surface area contributed by atoms with Crippen molar-refractivity contribution in [1.29, 1.82) is 0 Å². The van der Waals surface area contributed by atoms with Crippen LogP contribution in [0.2, 0.25) is 0 Å². The maximum Gasteiger partial charge on any atom is 0.0741 e.